The van der Waals surface area contributed by atoms with Gasteiger partial charge in [-0.3, -0.25) is 0 Å². The molecule has 0 saturated carbocycles. The zero-order valence-electron chi connectivity index (χ0n) is 5.72. The Hall–Kier alpha value is -0.0100. The molecule has 0 saturated heterocycles. The first-order chi connectivity index (χ1) is 3.18. The van der Waals surface area contributed by atoms with Crippen LogP contribution in [0.15, 0.2) is 12.7 Å². The normalized spacial score (nSPS) is 12.5. The molecule has 1 atom stereocenters. The summed E-state index contributed by atoms with van der Waals surface area (Å²) in [6, 6.07) is 0.500. The van der Waals surface area contributed by atoms with Crippen LogP contribution in [0, 0.1) is 0 Å². The second-order valence-electron chi connectivity index (χ2n) is 1.94. The smallest absolute Gasteiger partial charge is 0.0241 e. The minimum absolute atomic E-state index is 0. The molecule has 2 heteroatoms. The first-order valence-electron chi connectivity index (χ1n) is 2.47. The zero-order chi connectivity index (χ0) is 5.86. The monoisotopic (exact) mass is 135 g/mol. The Kier molecular flexibility index (Phi) is 6.98. The first-order valence-corrected chi connectivity index (χ1v) is 2.47. The summed E-state index contributed by atoms with van der Waals surface area (Å²) in [5.41, 5.74) is 0. The summed E-state index contributed by atoms with van der Waals surface area (Å²) in [5, 5.41) is 0. The van der Waals surface area contributed by atoms with E-state index in [1.807, 2.05) is 20.2 Å². The van der Waals surface area contributed by atoms with Gasteiger partial charge in [0.2, 0.25) is 0 Å². The summed E-state index contributed by atoms with van der Waals surface area (Å²) >= 11 is 0. The van der Waals surface area contributed by atoms with Crippen molar-refractivity contribution in [2.45, 2.75) is 13.0 Å². The van der Waals surface area contributed by atoms with Crippen LogP contribution in [0.25, 0.3) is 0 Å². The lowest BCUT2D eigenvalue weighted by Gasteiger charge is -2.13. The van der Waals surface area contributed by atoms with Crippen LogP contribution in [0.1, 0.15) is 6.92 Å². The fourth-order valence-electron chi connectivity index (χ4n) is 0.211. The molecule has 50 valence electrons. The molecule has 0 heterocycles. The Morgan fingerprint density at radius 2 is 1.88 bits per heavy atom. The number of halogens is 1. The van der Waals surface area contributed by atoms with Crippen molar-refractivity contribution in [2.24, 2.45) is 0 Å². The number of likely N-dealkylation sites (N-methyl/N-ethyl adjacent to an activating group) is 1. The van der Waals surface area contributed by atoms with Crippen molar-refractivity contribution in [3.05, 3.63) is 12.7 Å². The number of nitrogens with zero attached hydrogens (tertiary/aromatic N) is 1. The van der Waals surface area contributed by atoms with Gasteiger partial charge in [0, 0.05) is 6.04 Å². The fraction of sp³-hybridized carbons (Fsp3) is 0.667. The van der Waals surface area contributed by atoms with Crippen LogP contribution in [0.4, 0.5) is 0 Å². The highest BCUT2D eigenvalue weighted by Crippen LogP contribution is 1.88. The third-order valence-corrected chi connectivity index (χ3v) is 1.16. The molecular formula is C6H14ClN. The zero-order valence-corrected chi connectivity index (χ0v) is 6.53. The lowest BCUT2D eigenvalue weighted by Crippen LogP contribution is -2.21. The molecule has 0 aliphatic heterocycles. The van der Waals surface area contributed by atoms with Crippen molar-refractivity contribution in [2.75, 3.05) is 14.1 Å². The van der Waals surface area contributed by atoms with Gasteiger partial charge in [-0.25, -0.2) is 0 Å². The molecule has 1 nitrogen and oxygen atoms in total. The summed E-state index contributed by atoms with van der Waals surface area (Å²) < 4.78 is 0. The molecule has 0 bridgehead atoms. The number of hydrogen-bond donors (Lipinski definition) is 0. The molecule has 0 spiro atoms. The van der Waals surface area contributed by atoms with Gasteiger partial charge in [-0.05, 0) is 21.0 Å². The molecule has 0 aromatic carbocycles. The van der Waals surface area contributed by atoms with Crippen LogP contribution in [0.3, 0.4) is 0 Å². The van der Waals surface area contributed by atoms with Gasteiger partial charge in [0.05, 0.1) is 0 Å². The van der Waals surface area contributed by atoms with E-state index in [9.17, 15) is 0 Å². The second-order valence-corrected chi connectivity index (χ2v) is 1.94. The highest BCUT2D eigenvalue weighted by atomic mass is 35.5. The first kappa shape index (κ1) is 10.9. The van der Waals surface area contributed by atoms with E-state index >= 15 is 0 Å². The van der Waals surface area contributed by atoms with E-state index in [1.165, 1.54) is 0 Å². The van der Waals surface area contributed by atoms with E-state index < -0.39 is 0 Å². The van der Waals surface area contributed by atoms with Gasteiger partial charge in [-0.1, -0.05) is 6.08 Å². The summed E-state index contributed by atoms with van der Waals surface area (Å²) in [5.74, 6) is 0. The lowest BCUT2D eigenvalue weighted by molar-refractivity contribution is 0.364. The number of rotatable bonds is 2. The van der Waals surface area contributed by atoms with Crippen molar-refractivity contribution in [3.8, 4) is 0 Å². The third-order valence-electron chi connectivity index (χ3n) is 1.16. The minimum atomic E-state index is 0. The van der Waals surface area contributed by atoms with Crippen molar-refractivity contribution >= 4 is 12.4 Å². The quantitative estimate of drug-likeness (QED) is 0.520. The maximum Gasteiger partial charge on any atom is 0.0241 e. The largest absolute Gasteiger partial charge is 0.303 e. The van der Waals surface area contributed by atoms with Gasteiger partial charge >= 0.3 is 0 Å². The van der Waals surface area contributed by atoms with Gasteiger partial charge in [-0.15, -0.1) is 19.0 Å². The van der Waals surface area contributed by atoms with E-state index in [0.29, 0.717) is 6.04 Å². The van der Waals surface area contributed by atoms with Crippen LogP contribution in [-0.4, -0.2) is 25.0 Å². The van der Waals surface area contributed by atoms with Crippen molar-refractivity contribution in [1.29, 1.82) is 0 Å². The maximum absolute atomic E-state index is 3.64. The van der Waals surface area contributed by atoms with Gasteiger partial charge in [0.1, 0.15) is 0 Å². The van der Waals surface area contributed by atoms with E-state index in [4.69, 9.17) is 0 Å². The van der Waals surface area contributed by atoms with Gasteiger partial charge < -0.3 is 4.90 Å². The number of hydrogen-bond acceptors (Lipinski definition) is 1. The molecule has 0 radical (unpaired) electrons. The molecule has 0 aromatic heterocycles. The highest BCUT2D eigenvalue weighted by molar-refractivity contribution is 5.85. The minimum Gasteiger partial charge on any atom is -0.303 e. The van der Waals surface area contributed by atoms with Crippen molar-refractivity contribution < 1.29 is 0 Å². The summed E-state index contributed by atoms with van der Waals surface area (Å²) in [7, 11) is 4.07. The summed E-state index contributed by atoms with van der Waals surface area (Å²) in [6.45, 7) is 5.74. The third kappa shape index (κ3) is 4.16. The van der Waals surface area contributed by atoms with E-state index in [0.717, 1.165) is 0 Å². The van der Waals surface area contributed by atoms with E-state index in [1.54, 1.807) is 0 Å². The topological polar surface area (TPSA) is 3.24 Å². The SMILES string of the molecule is C=CC(C)N(C)C.Cl. The van der Waals surface area contributed by atoms with Crippen LogP contribution in [-0.2, 0) is 0 Å². The Morgan fingerprint density at radius 1 is 1.50 bits per heavy atom. The predicted octanol–water partition coefficient (Wildman–Crippen LogP) is 1.54. The van der Waals surface area contributed by atoms with Crippen LogP contribution in [0.2, 0.25) is 0 Å². The average Bonchev–Trinajstić information content (AvgIpc) is 1.65. The molecule has 0 aliphatic carbocycles. The fourth-order valence-corrected chi connectivity index (χ4v) is 0.211. The average molecular weight is 136 g/mol. The molecule has 0 rings (SSSR count). The summed E-state index contributed by atoms with van der Waals surface area (Å²) in [6.07, 6.45) is 1.92. The van der Waals surface area contributed by atoms with Gasteiger partial charge in [0.25, 0.3) is 0 Å². The molecular weight excluding hydrogens is 122 g/mol. The van der Waals surface area contributed by atoms with Crippen molar-refractivity contribution in [1.82, 2.24) is 4.90 Å². The van der Waals surface area contributed by atoms with Crippen LogP contribution >= 0.6 is 12.4 Å². The second kappa shape index (κ2) is 5.13. The standard InChI is InChI=1S/C6H13N.ClH/c1-5-6(2)7(3)4;/h5-6H,1H2,2-4H3;1H. The Bertz CT molecular complexity index is 61.5. The van der Waals surface area contributed by atoms with E-state index in [-0.39, 0.29) is 12.4 Å². The molecule has 0 aliphatic rings. The Morgan fingerprint density at radius 3 is 1.88 bits per heavy atom. The predicted molar refractivity (Wildman–Crippen MR) is 40.6 cm³/mol. The van der Waals surface area contributed by atoms with Crippen LogP contribution < -0.4 is 0 Å². The van der Waals surface area contributed by atoms with Crippen LogP contribution in [0.5, 0.6) is 0 Å². The molecule has 0 N–H and O–H groups in total. The Labute approximate surface area is 57.8 Å². The molecule has 8 heavy (non-hydrogen) atoms. The maximum atomic E-state index is 3.64. The Balaban J connectivity index is 0. The molecule has 1 unspecified atom stereocenters. The molecule has 0 fully saturated rings. The van der Waals surface area contributed by atoms with Crippen molar-refractivity contribution in [3.63, 3.8) is 0 Å². The molecule has 0 amide bonds. The van der Waals surface area contributed by atoms with Gasteiger partial charge in [-0.2, -0.15) is 0 Å². The molecule has 0 aromatic rings. The van der Waals surface area contributed by atoms with Gasteiger partial charge in [0.15, 0.2) is 0 Å². The summed E-state index contributed by atoms with van der Waals surface area (Å²) in [4.78, 5) is 2.10. The van der Waals surface area contributed by atoms with E-state index in [2.05, 4.69) is 18.4 Å². The lowest BCUT2D eigenvalue weighted by atomic mass is 10.3. The highest BCUT2D eigenvalue weighted by Gasteiger charge is 1.93.